The molecule has 0 radical (unpaired) electrons. The van der Waals surface area contributed by atoms with Crippen LogP contribution in [0.15, 0.2) is 24.3 Å². The molecule has 1 aliphatic heterocycles. The van der Waals surface area contributed by atoms with Gasteiger partial charge in [0.2, 0.25) is 0 Å². The number of benzene rings is 1. The Bertz CT molecular complexity index is 477. The molecule has 4 nitrogen and oxygen atoms in total. The zero-order chi connectivity index (χ0) is 14.8. The Morgan fingerprint density at radius 3 is 2.60 bits per heavy atom. The monoisotopic (exact) mass is 276 g/mol. The third-order valence-electron chi connectivity index (χ3n) is 3.70. The first-order chi connectivity index (χ1) is 9.38. The van der Waals surface area contributed by atoms with Crippen LogP contribution in [0.2, 0.25) is 0 Å². The Balaban J connectivity index is 2.03. The van der Waals surface area contributed by atoms with Crippen molar-refractivity contribution in [1.29, 1.82) is 0 Å². The van der Waals surface area contributed by atoms with Gasteiger partial charge in [-0.2, -0.15) is 0 Å². The molecular formula is C16H24N2O2. The van der Waals surface area contributed by atoms with Gasteiger partial charge in [0.1, 0.15) is 5.75 Å². The van der Waals surface area contributed by atoms with Gasteiger partial charge in [-0.05, 0) is 51.3 Å². The molecule has 1 fully saturated rings. The summed E-state index contributed by atoms with van der Waals surface area (Å²) >= 11 is 0. The minimum absolute atomic E-state index is 0.0332. The maximum absolute atomic E-state index is 12.6. The predicted molar refractivity (Wildman–Crippen MR) is 79.7 cm³/mol. The van der Waals surface area contributed by atoms with Crippen molar-refractivity contribution in [2.24, 2.45) is 5.73 Å². The summed E-state index contributed by atoms with van der Waals surface area (Å²) in [6, 6.07) is 7.99. The Morgan fingerprint density at radius 2 is 2.00 bits per heavy atom. The lowest BCUT2D eigenvalue weighted by Gasteiger charge is -2.36. The van der Waals surface area contributed by atoms with E-state index in [2.05, 4.69) is 0 Å². The normalized spacial score (nSPS) is 17.1. The second-order valence-electron chi connectivity index (χ2n) is 6.06. The maximum atomic E-state index is 12.6. The molecule has 0 unspecified atom stereocenters. The zero-order valence-electron chi connectivity index (χ0n) is 12.6. The molecular weight excluding hydrogens is 252 g/mol. The van der Waals surface area contributed by atoms with Crippen LogP contribution in [0.5, 0.6) is 5.75 Å². The molecule has 1 aromatic rings. The smallest absolute Gasteiger partial charge is 0.266 e. The van der Waals surface area contributed by atoms with Crippen LogP contribution in [0.1, 0.15) is 32.3 Å². The number of amides is 1. The molecule has 2 N–H and O–H groups in total. The summed E-state index contributed by atoms with van der Waals surface area (Å²) in [5.41, 5.74) is 6.15. The van der Waals surface area contributed by atoms with Crippen LogP contribution >= 0.6 is 0 Å². The van der Waals surface area contributed by atoms with Crippen molar-refractivity contribution in [3.05, 3.63) is 29.8 Å². The van der Waals surface area contributed by atoms with E-state index in [1.165, 1.54) is 0 Å². The summed E-state index contributed by atoms with van der Waals surface area (Å²) in [7, 11) is 0. The second-order valence-corrected chi connectivity index (χ2v) is 6.06. The SMILES string of the molecule is Cc1cccc(OC(C)(C)C(=O)N2CCC(N)CC2)c1. The first-order valence-corrected chi connectivity index (χ1v) is 7.19. The van der Waals surface area contributed by atoms with Crippen molar-refractivity contribution in [3.8, 4) is 5.75 Å². The second kappa shape index (κ2) is 5.83. The van der Waals surface area contributed by atoms with E-state index in [1.54, 1.807) is 0 Å². The van der Waals surface area contributed by atoms with Crippen LogP contribution in [0.3, 0.4) is 0 Å². The van der Waals surface area contributed by atoms with Gasteiger partial charge in [-0.25, -0.2) is 0 Å². The summed E-state index contributed by atoms with van der Waals surface area (Å²) < 4.78 is 5.90. The maximum Gasteiger partial charge on any atom is 0.266 e. The molecule has 0 saturated carbocycles. The standard InChI is InChI=1S/C16H24N2O2/c1-12-5-4-6-14(11-12)20-16(2,3)15(19)18-9-7-13(17)8-10-18/h4-6,11,13H,7-10,17H2,1-3H3. The van der Waals surface area contributed by atoms with Crippen LogP contribution in [-0.4, -0.2) is 35.5 Å². The number of aryl methyl sites for hydroxylation is 1. The molecule has 0 atom stereocenters. The largest absolute Gasteiger partial charge is 0.478 e. The average molecular weight is 276 g/mol. The Hall–Kier alpha value is -1.55. The van der Waals surface area contributed by atoms with Crippen LogP contribution in [0.25, 0.3) is 0 Å². The van der Waals surface area contributed by atoms with Crippen LogP contribution in [0, 0.1) is 6.92 Å². The van der Waals surface area contributed by atoms with Gasteiger partial charge in [0.05, 0.1) is 0 Å². The molecule has 1 heterocycles. The van der Waals surface area contributed by atoms with Gasteiger partial charge in [0, 0.05) is 19.1 Å². The molecule has 1 aromatic carbocycles. The highest BCUT2D eigenvalue weighted by Gasteiger charge is 2.35. The fourth-order valence-electron chi connectivity index (χ4n) is 2.50. The van der Waals surface area contributed by atoms with Crippen molar-refractivity contribution in [2.75, 3.05) is 13.1 Å². The van der Waals surface area contributed by atoms with E-state index < -0.39 is 5.60 Å². The zero-order valence-corrected chi connectivity index (χ0v) is 12.6. The van der Waals surface area contributed by atoms with Crippen molar-refractivity contribution in [1.82, 2.24) is 4.90 Å². The van der Waals surface area contributed by atoms with Gasteiger partial charge in [-0.3, -0.25) is 4.79 Å². The van der Waals surface area contributed by atoms with E-state index >= 15 is 0 Å². The Labute approximate surface area is 120 Å². The summed E-state index contributed by atoms with van der Waals surface area (Å²) in [6.07, 6.45) is 1.73. The van der Waals surface area contributed by atoms with Gasteiger partial charge in [0.15, 0.2) is 5.60 Å². The molecule has 1 amide bonds. The summed E-state index contributed by atoms with van der Waals surface area (Å²) in [4.78, 5) is 14.4. The summed E-state index contributed by atoms with van der Waals surface area (Å²) in [5.74, 6) is 0.767. The van der Waals surface area contributed by atoms with Crippen molar-refractivity contribution in [2.45, 2.75) is 45.3 Å². The van der Waals surface area contributed by atoms with Gasteiger partial charge < -0.3 is 15.4 Å². The fraction of sp³-hybridized carbons (Fsp3) is 0.562. The van der Waals surface area contributed by atoms with Gasteiger partial charge >= 0.3 is 0 Å². The van der Waals surface area contributed by atoms with Crippen molar-refractivity contribution in [3.63, 3.8) is 0 Å². The van der Waals surface area contributed by atoms with Crippen LogP contribution in [0.4, 0.5) is 0 Å². The minimum atomic E-state index is -0.852. The summed E-state index contributed by atoms with van der Waals surface area (Å²) in [5, 5.41) is 0. The third-order valence-corrected chi connectivity index (χ3v) is 3.70. The predicted octanol–water partition coefficient (Wildman–Crippen LogP) is 2.10. The Morgan fingerprint density at radius 1 is 1.35 bits per heavy atom. The molecule has 4 heteroatoms. The molecule has 1 aliphatic rings. The van der Waals surface area contributed by atoms with E-state index in [4.69, 9.17) is 10.5 Å². The highest BCUT2D eigenvalue weighted by Crippen LogP contribution is 2.22. The lowest BCUT2D eigenvalue weighted by atomic mass is 10.0. The Kier molecular flexibility index (Phi) is 4.33. The first kappa shape index (κ1) is 14.9. The number of carbonyl (C=O) groups is 1. The van der Waals surface area contributed by atoms with E-state index in [-0.39, 0.29) is 11.9 Å². The minimum Gasteiger partial charge on any atom is -0.478 e. The van der Waals surface area contributed by atoms with E-state index in [0.717, 1.165) is 37.2 Å². The number of ether oxygens (including phenoxy) is 1. The number of rotatable bonds is 3. The molecule has 0 spiro atoms. The number of carbonyl (C=O) groups excluding carboxylic acids is 1. The summed E-state index contributed by atoms with van der Waals surface area (Å²) in [6.45, 7) is 7.10. The molecule has 1 saturated heterocycles. The van der Waals surface area contributed by atoms with E-state index in [1.807, 2.05) is 49.9 Å². The number of piperidine rings is 1. The molecule has 110 valence electrons. The molecule has 20 heavy (non-hydrogen) atoms. The number of hydrogen-bond donors (Lipinski definition) is 1. The van der Waals surface area contributed by atoms with Crippen LogP contribution < -0.4 is 10.5 Å². The number of nitrogens with two attached hydrogens (primary N) is 1. The van der Waals surface area contributed by atoms with E-state index in [9.17, 15) is 4.79 Å². The lowest BCUT2D eigenvalue weighted by molar-refractivity contribution is -0.146. The topological polar surface area (TPSA) is 55.6 Å². The van der Waals surface area contributed by atoms with Gasteiger partial charge in [-0.1, -0.05) is 12.1 Å². The highest BCUT2D eigenvalue weighted by atomic mass is 16.5. The highest BCUT2D eigenvalue weighted by molar-refractivity contribution is 5.85. The third kappa shape index (κ3) is 3.51. The van der Waals surface area contributed by atoms with Gasteiger partial charge in [-0.15, -0.1) is 0 Å². The average Bonchev–Trinajstić information content (AvgIpc) is 2.38. The van der Waals surface area contributed by atoms with E-state index in [0.29, 0.717) is 0 Å². The van der Waals surface area contributed by atoms with Gasteiger partial charge in [0.25, 0.3) is 5.91 Å². The number of nitrogens with zero attached hydrogens (tertiary/aromatic N) is 1. The number of hydrogen-bond acceptors (Lipinski definition) is 3. The van der Waals surface area contributed by atoms with Crippen molar-refractivity contribution < 1.29 is 9.53 Å². The fourth-order valence-corrected chi connectivity index (χ4v) is 2.50. The molecule has 0 aromatic heterocycles. The first-order valence-electron chi connectivity index (χ1n) is 7.19. The lowest BCUT2D eigenvalue weighted by Crippen LogP contribution is -2.52. The number of likely N-dealkylation sites (tertiary alicyclic amines) is 1. The quantitative estimate of drug-likeness (QED) is 0.920. The molecule has 0 bridgehead atoms. The van der Waals surface area contributed by atoms with Crippen LogP contribution in [-0.2, 0) is 4.79 Å². The van der Waals surface area contributed by atoms with Crippen molar-refractivity contribution >= 4 is 5.91 Å². The molecule has 2 rings (SSSR count). The molecule has 0 aliphatic carbocycles.